The summed E-state index contributed by atoms with van der Waals surface area (Å²) < 4.78 is 0. The van der Waals surface area contributed by atoms with Gasteiger partial charge in [0.05, 0.1) is 0 Å². The van der Waals surface area contributed by atoms with Gasteiger partial charge >= 0.3 is 0 Å². The average Bonchev–Trinajstić information content (AvgIpc) is 2.58. The quantitative estimate of drug-likeness (QED) is 0.686. The van der Waals surface area contributed by atoms with Crippen molar-refractivity contribution in [2.24, 2.45) is 11.8 Å². The lowest BCUT2D eigenvalue weighted by atomic mass is 10.1. The molecule has 0 saturated heterocycles. The van der Waals surface area contributed by atoms with Gasteiger partial charge in [-0.2, -0.15) is 0 Å². The van der Waals surface area contributed by atoms with Crippen molar-refractivity contribution >= 4 is 0 Å². The minimum Gasteiger partial charge on any atom is -0.314 e. The molecule has 1 saturated carbocycles. The van der Waals surface area contributed by atoms with Crippen molar-refractivity contribution in [3.8, 4) is 0 Å². The van der Waals surface area contributed by atoms with E-state index in [2.05, 4.69) is 26.1 Å². The van der Waals surface area contributed by atoms with Crippen molar-refractivity contribution in [1.29, 1.82) is 0 Å². The molecule has 0 spiro atoms. The highest BCUT2D eigenvalue weighted by Gasteiger charge is 2.20. The van der Waals surface area contributed by atoms with Crippen LogP contribution in [0.5, 0.6) is 0 Å². The fraction of sp³-hybridized carbons (Fsp3) is 1.00. The molecule has 0 radical (unpaired) electrons. The molecule has 1 nitrogen and oxygen atoms in total. The molecule has 1 N–H and O–H groups in total. The van der Waals surface area contributed by atoms with Crippen molar-refractivity contribution in [3.05, 3.63) is 0 Å². The van der Waals surface area contributed by atoms with Crippen molar-refractivity contribution in [3.63, 3.8) is 0 Å². The Morgan fingerprint density at radius 1 is 1.36 bits per heavy atom. The molecule has 1 rings (SSSR count). The molecule has 84 valence electrons. The Kier molecular flexibility index (Phi) is 5.54. The summed E-state index contributed by atoms with van der Waals surface area (Å²) in [5.74, 6) is 1.95. The van der Waals surface area contributed by atoms with Gasteiger partial charge in [-0.05, 0) is 44.6 Å². The van der Waals surface area contributed by atoms with Crippen LogP contribution >= 0.6 is 0 Å². The van der Waals surface area contributed by atoms with E-state index < -0.39 is 0 Å². The molecule has 3 atom stereocenters. The van der Waals surface area contributed by atoms with Gasteiger partial charge in [-0.25, -0.2) is 0 Å². The minimum atomic E-state index is 0.728. The normalized spacial score (nSPS) is 29.4. The van der Waals surface area contributed by atoms with E-state index >= 15 is 0 Å². The molecule has 3 unspecified atom stereocenters. The zero-order valence-electron chi connectivity index (χ0n) is 10.2. The molecule has 14 heavy (non-hydrogen) atoms. The Morgan fingerprint density at radius 3 is 2.71 bits per heavy atom. The molecule has 1 heteroatoms. The zero-order valence-corrected chi connectivity index (χ0v) is 10.2. The summed E-state index contributed by atoms with van der Waals surface area (Å²) in [4.78, 5) is 0. The number of hydrogen-bond acceptors (Lipinski definition) is 1. The molecule has 0 bridgehead atoms. The average molecular weight is 197 g/mol. The van der Waals surface area contributed by atoms with Gasteiger partial charge in [-0.1, -0.05) is 33.1 Å². The summed E-state index contributed by atoms with van der Waals surface area (Å²) in [5.41, 5.74) is 0. The standard InChI is InChI=1S/C13H27N/c1-4-5-6-12(3)14-10-13-8-7-11(2)9-13/h11-14H,4-10H2,1-3H3. The second-order valence-corrected chi connectivity index (χ2v) is 5.24. The third-order valence-electron chi connectivity index (χ3n) is 3.55. The van der Waals surface area contributed by atoms with E-state index in [1.807, 2.05) is 0 Å². The molecular weight excluding hydrogens is 170 g/mol. The summed E-state index contributed by atoms with van der Waals surface area (Å²) in [6, 6.07) is 0.728. The Bertz CT molecular complexity index is 144. The predicted octanol–water partition coefficient (Wildman–Crippen LogP) is 3.59. The van der Waals surface area contributed by atoms with Crippen molar-refractivity contribution in [1.82, 2.24) is 5.32 Å². The van der Waals surface area contributed by atoms with Gasteiger partial charge in [0, 0.05) is 6.04 Å². The maximum atomic E-state index is 3.68. The molecule has 0 aromatic rings. The summed E-state index contributed by atoms with van der Waals surface area (Å²) in [5, 5.41) is 3.68. The van der Waals surface area contributed by atoms with Gasteiger partial charge in [-0.15, -0.1) is 0 Å². The first-order chi connectivity index (χ1) is 6.72. The molecule has 1 aliphatic carbocycles. The highest BCUT2D eigenvalue weighted by molar-refractivity contribution is 4.75. The highest BCUT2D eigenvalue weighted by atomic mass is 14.9. The van der Waals surface area contributed by atoms with Gasteiger partial charge in [0.15, 0.2) is 0 Å². The van der Waals surface area contributed by atoms with Crippen LogP contribution in [0.2, 0.25) is 0 Å². The van der Waals surface area contributed by atoms with Crippen LogP contribution in [0.3, 0.4) is 0 Å². The first kappa shape index (κ1) is 12.0. The Morgan fingerprint density at radius 2 is 2.14 bits per heavy atom. The van der Waals surface area contributed by atoms with Gasteiger partial charge in [0.25, 0.3) is 0 Å². The molecule has 0 aromatic carbocycles. The SMILES string of the molecule is CCCCC(C)NCC1CCC(C)C1. The van der Waals surface area contributed by atoms with Crippen molar-refractivity contribution < 1.29 is 0 Å². The minimum absolute atomic E-state index is 0.728. The lowest BCUT2D eigenvalue weighted by Gasteiger charge is -2.16. The summed E-state index contributed by atoms with van der Waals surface area (Å²) in [6.45, 7) is 8.25. The first-order valence-electron chi connectivity index (χ1n) is 6.45. The second kappa shape index (κ2) is 6.44. The van der Waals surface area contributed by atoms with E-state index in [0.717, 1.165) is 17.9 Å². The monoisotopic (exact) mass is 197 g/mol. The fourth-order valence-electron chi connectivity index (χ4n) is 2.49. The molecule has 1 aliphatic rings. The van der Waals surface area contributed by atoms with Crippen LogP contribution in [0.1, 0.15) is 59.3 Å². The van der Waals surface area contributed by atoms with Crippen LogP contribution in [0, 0.1) is 11.8 Å². The number of rotatable bonds is 6. The topological polar surface area (TPSA) is 12.0 Å². The first-order valence-corrected chi connectivity index (χ1v) is 6.45. The Hall–Kier alpha value is -0.0400. The van der Waals surface area contributed by atoms with E-state index in [1.54, 1.807) is 0 Å². The number of nitrogens with one attached hydrogen (secondary N) is 1. The third-order valence-corrected chi connectivity index (χ3v) is 3.55. The van der Waals surface area contributed by atoms with Gasteiger partial charge in [-0.3, -0.25) is 0 Å². The van der Waals surface area contributed by atoms with E-state index in [-0.39, 0.29) is 0 Å². The van der Waals surface area contributed by atoms with E-state index in [0.29, 0.717) is 0 Å². The predicted molar refractivity (Wildman–Crippen MR) is 63.5 cm³/mol. The Labute approximate surface area is 89.7 Å². The van der Waals surface area contributed by atoms with Gasteiger partial charge in [0.2, 0.25) is 0 Å². The Balaban J connectivity index is 2.02. The lowest BCUT2D eigenvalue weighted by Crippen LogP contribution is -2.30. The van der Waals surface area contributed by atoms with Crippen LogP contribution in [0.25, 0.3) is 0 Å². The molecule has 0 aromatic heterocycles. The van der Waals surface area contributed by atoms with Crippen LogP contribution in [0.4, 0.5) is 0 Å². The van der Waals surface area contributed by atoms with Crippen LogP contribution in [0.15, 0.2) is 0 Å². The third kappa shape index (κ3) is 4.45. The fourth-order valence-corrected chi connectivity index (χ4v) is 2.49. The van der Waals surface area contributed by atoms with Crippen LogP contribution in [-0.2, 0) is 0 Å². The maximum Gasteiger partial charge on any atom is 0.00388 e. The maximum absolute atomic E-state index is 3.68. The number of unbranched alkanes of at least 4 members (excludes halogenated alkanes) is 1. The molecule has 1 fully saturated rings. The van der Waals surface area contributed by atoms with Crippen LogP contribution < -0.4 is 5.32 Å². The molecule has 0 aliphatic heterocycles. The molecule has 0 heterocycles. The number of hydrogen-bond donors (Lipinski definition) is 1. The highest BCUT2D eigenvalue weighted by Crippen LogP contribution is 2.29. The van der Waals surface area contributed by atoms with Gasteiger partial charge in [0.1, 0.15) is 0 Å². The summed E-state index contributed by atoms with van der Waals surface area (Å²) in [6.07, 6.45) is 8.40. The smallest absolute Gasteiger partial charge is 0.00388 e. The summed E-state index contributed by atoms with van der Waals surface area (Å²) >= 11 is 0. The van der Waals surface area contributed by atoms with E-state index in [4.69, 9.17) is 0 Å². The van der Waals surface area contributed by atoms with Gasteiger partial charge < -0.3 is 5.32 Å². The van der Waals surface area contributed by atoms with Crippen LogP contribution in [-0.4, -0.2) is 12.6 Å². The lowest BCUT2D eigenvalue weighted by molar-refractivity contribution is 0.416. The zero-order chi connectivity index (χ0) is 10.4. The van der Waals surface area contributed by atoms with Crippen molar-refractivity contribution in [2.75, 3.05) is 6.54 Å². The van der Waals surface area contributed by atoms with E-state index in [9.17, 15) is 0 Å². The molecule has 0 amide bonds. The largest absolute Gasteiger partial charge is 0.314 e. The molecular formula is C13H27N. The second-order valence-electron chi connectivity index (χ2n) is 5.24. The van der Waals surface area contributed by atoms with Crippen molar-refractivity contribution in [2.45, 2.75) is 65.3 Å². The van der Waals surface area contributed by atoms with E-state index in [1.165, 1.54) is 45.1 Å². The summed E-state index contributed by atoms with van der Waals surface area (Å²) in [7, 11) is 0.